The maximum atomic E-state index is 11.9. The summed E-state index contributed by atoms with van der Waals surface area (Å²) in [6.07, 6.45) is 5.13. The second-order valence-electron chi connectivity index (χ2n) is 5.02. The summed E-state index contributed by atoms with van der Waals surface area (Å²) in [4.78, 5) is 0. The molecule has 102 valence electrons. The van der Waals surface area contributed by atoms with Crippen LogP contribution in [0.1, 0.15) is 46.0 Å². The summed E-state index contributed by atoms with van der Waals surface area (Å²) in [6.45, 7) is 4.91. The molecule has 1 saturated carbocycles. The van der Waals surface area contributed by atoms with Crippen molar-refractivity contribution in [1.29, 1.82) is 0 Å². The molecule has 17 heavy (non-hydrogen) atoms. The van der Waals surface area contributed by atoms with Crippen LogP contribution in [0.2, 0.25) is 0 Å². The highest BCUT2D eigenvalue weighted by Crippen LogP contribution is 2.18. The van der Waals surface area contributed by atoms with Gasteiger partial charge in [-0.15, -0.1) is 0 Å². The lowest BCUT2D eigenvalue weighted by molar-refractivity contribution is 0.379. The molecule has 0 bridgehead atoms. The van der Waals surface area contributed by atoms with E-state index in [9.17, 15) is 8.42 Å². The van der Waals surface area contributed by atoms with Gasteiger partial charge in [0.15, 0.2) is 0 Å². The van der Waals surface area contributed by atoms with Crippen molar-refractivity contribution in [2.45, 2.75) is 58.0 Å². The highest BCUT2D eigenvalue weighted by Gasteiger charge is 2.22. The molecule has 1 N–H and O–H groups in total. The van der Waals surface area contributed by atoms with E-state index in [0.717, 1.165) is 31.8 Å². The third kappa shape index (κ3) is 5.36. The summed E-state index contributed by atoms with van der Waals surface area (Å²) in [7, 11) is -1.36. The second-order valence-corrected chi connectivity index (χ2v) is 7.17. The van der Waals surface area contributed by atoms with Crippen LogP contribution in [-0.2, 0) is 10.0 Å². The fourth-order valence-corrected chi connectivity index (χ4v) is 3.23. The van der Waals surface area contributed by atoms with Gasteiger partial charge in [-0.05, 0) is 45.6 Å². The lowest BCUT2D eigenvalue weighted by Crippen LogP contribution is -2.36. The smallest absolute Gasteiger partial charge is 0.214 e. The lowest BCUT2D eigenvalue weighted by Gasteiger charge is -2.23. The van der Waals surface area contributed by atoms with E-state index in [4.69, 9.17) is 0 Å². The maximum Gasteiger partial charge on any atom is 0.214 e. The minimum atomic E-state index is -3.05. The first-order valence-corrected chi connectivity index (χ1v) is 8.27. The largest absolute Gasteiger partial charge is 0.314 e. The lowest BCUT2D eigenvalue weighted by atomic mass is 10.3. The number of nitrogens with one attached hydrogen (secondary N) is 1. The molecule has 1 unspecified atom stereocenters. The minimum Gasteiger partial charge on any atom is -0.314 e. The average Bonchev–Trinajstić information content (AvgIpc) is 3.10. The molecule has 0 aromatic heterocycles. The molecular weight excluding hydrogens is 236 g/mol. The molecule has 0 saturated heterocycles. The maximum absolute atomic E-state index is 11.9. The highest BCUT2D eigenvalue weighted by atomic mass is 32.2. The zero-order chi connectivity index (χ0) is 12.9. The monoisotopic (exact) mass is 262 g/mol. The van der Waals surface area contributed by atoms with E-state index in [1.165, 1.54) is 17.1 Å². The van der Waals surface area contributed by atoms with Crippen molar-refractivity contribution < 1.29 is 8.42 Å². The standard InChI is InChI=1S/C12H26N2O2S/c1-4-11(2)14(3)17(15,16)10-6-5-9-13-12-7-8-12/h11-13H,4-10H2,1-3H3. The van der Waals surface area contributed by atoms with Crippen LogP contribution in [-0.4, -0.2) is 44.2 Å². The number of hydrogen-bond acceptors (Lipinski definition) is 3. The Morgan fingerprint density at radius 3 is 2.53 bits per heavy atom. The Bertz CT molecular complexity index is 312. The molecule has 0 heterocycles. The molecule has 1 aliphatic rings. The number of nitrogens with zero attached hydrogens (tertiary/aromatic N) is 1. The number of rotatable bonds is 9. The van der Waals surface area contributed by atoms with Gasteiger partial charge in [0.2, 0.25) is 10.0 Å². The first-order valence-electron chi connectivity index (χ1n) is 6.66. The molecule has 5 heteroatoms. The predicted molar refractivity (Wildman–Crippen MR) is 71.6 cm³/mol. The van der Waals surface area contributed by atoms with E-state index in [1.54, 1.807) is 7.05 Å². The van der Waals surface area contributed by atoms with Gasteiger partial charge < -0.3 is 5.32 Å². The first kappa shape index (κ1) is 14.9. The topological polar surface area (TPSA) is 49.4 Å². The quantitative estimate of drug-likeness (QED) is 0.642. The normalized spacial score (nSPS) is 18.6. The molecule has 0 amide bonds. The average molecular weight is 262 g/mol. The van der Waals surface area contributed by atoms with Crippen molar-refractivity contribution in [3.8, 4) is 0 Å². The number of hydrogen-bond donors (Lipinski definition) is 1. The van der Waals surface area contributed by atoms with E-state index in [2.05, 4.69) is 5.32 Å². The number of sulfonamides is 1. The van der Waals surface area contributed by atoms with Crippen molar-refractivity contribution >= 4 is 10.0 Å². The van der Waals surface area contributed by atoms with Crippen molar-refractivity contribution in [1.82, 2.24) is 9.62 Å². The Hall–Kier alpha value is -0.130. The van der Waals surface area contributed by atoms with Crippen LogP contribution in [0.15, 0.2) is 0 Å². The molecule has 1 aliphatic carbocycles. The van der Waals surface area contributed by atoms with Crippen molar-refractivity contribution in [2.75, 3.05) is 19.3 Å². The van der Waals surface area contributed by atoms with Gasteiger partial charge in [-0.2, -0.15) is 0 Å². The van der Waals surface area contributed by atoms with Gasteiger partial charge in [0.25, 0.3) is 0 Å². The molecule has 1 atom stereocenters. The van der Waals surface area contributed by atoms with Crippen LogP contribution in [0.3, 0.4) is 0 Å². The third-order valence-corrected chi connectivity index (χ3v) is 5.53. The van der Waals surface area contributed by atoms with Crippen molar-refractivity contribution in [3.63, 3.8) is 0 Å². The Balaban J connectivity index is 2.18. The zero-order valence-corrected chi connectivity index (χ0v) is 12.1. The fourth-order valence-electron chi connectivity index (χ4n) is 1.68. The molecule has 0 radical (unpaired) electrons. The first-order chi connectivity index (χ1) is 7.97. The Morgan fingerprint density at radius 1 is 1.35 bits per heavy atom. The van der Waals surface area contributed by atoms with Gasteiger partial charge in [-0.3, -0.25) is 0 Å². The Kier molecular flexibility index (Phi) is 5.89. The fraction of sp³-hybridized carbons (Fsp3) is 1.00. The SMILES string of the molecule is CCC(C)N(C)S(=O)(=O)CCCCNC1CC1. The van der Waals surface area contributed by atoms with Crippen LogP contribution < -0.4 is 5.32 Å². The van der Waals surface area contributed by atoms with Crippen LogP contribution in [0.5, 0.6) is 0 Å². The summed E-state index contributed by atoms with van der Waals surface area (Å²) in [5, 5.41) is 3.40. The molecule has 4 nitrogen and oxygen atoms in total. The van der Waals surface area contributed by atoms with Crippen molar-refractivity contribution in [2.24, 2.45) is 0 Å². The van der Waals surface area contributed by atoms with E-state index in [-0.39, 0.29) is 11.8 Å². The second kappa shape index (κ2) is 6.71. The molecular formula is C12H26N2O2S. The molecule has 1 fully saturated rings. The molecule has 0 spiro atoms. The van der Waals surface area contributed by atoms with Crippen LogP contribution >= 0.6 is 0 Å². The van der Waals surface area contributed by atoms with Gasteiger partial charge >= 0.3 is 0 Å². The predicted octanol–water partition coefficient (Wildman–Crippen LogP) is 1.58. The van der Waals surface area contributed by atoms with Crippen LogP contribution in [0.25, 0.3) is 0 Å². The van der Waals surface area contributed by atoms with Crippen LogP contribution in [0, 0.1) is 0 Å². The highest BCUT2D eigenvalue weighted by molar-refractivity contribution is 7.89. The summed E-state index contributed by atoms with van der Waals surface area (Å²) in [5.74, 6) is 0.278. The molecule has 0 aromatic rings. The van der Waals surface area contributed by atoms with E-state index in [0.29, 0.717) is 0 Å². The van der Waals surface area contributed by atoms with E-state index < -0.39 is 10.0 Å². The van der Waals surface area contributed by atoms with Gasteiger partial charge in [0, 0.05) is 19.1 Å². The minimum absolute atomic E-state index is 0.101. The van der Waals surface area contributed by atoms with Crippen LogP contribution in [0.4, 0.5) is 0 Å². The summed E-state index contributed by atoms with van der Waals surface area (Å²) < 4.78 is 25.4. The van der Waals surface area contributed by atoms with Gasteiger partial charge in [0.1, 0.15) is 0 Å². The zero-order valence-electron chi connectivity index (χ0n) is 11.3. The van der Waals surface area contributed by atoms with Gasteiger partial charge in [-0.25, -0.2) is 12.7 Å². The Morgan fingerprint density at radius 2 is 2.00 bits per heavy atom. The van der Waals surface area contributed by atoms with Gasteiger partial charge in [-0.1, -0.05) is 6.92 Å². The van der Waals surface area contributed by atoms with Crippen molar-refractivity contribution in [3.05, 3.63) is 0 Å². The number of unbranched alkanes of at least 4 members (excludes halogenated alkanes) is 1. The summed E-state index contributed by atoms with van der Waals surface area (Å²) in [5.41, 5.74) is 0. The van der Waals surface area contributed by atoms with Gasteiger partial charge in [0.05, 0.1) is 5.75 Å². The summed E-state index contributed by atoms with van der Waals surface area (Å²) >= 11 is 0. The molecule has 0 aliphatic heterocycles. The van der Waals surface area contributed by atoms with E-state index >= 15 is 0 Å². The van der Waals surface area contributed by atoms with E-state index in [1.807, 2.05) is 13.8 Å². The third-order valence-electron chi connectivity index (χ3n) is 3.49. The molecule has 0 aromatic carbocycles. The Labute approximate surface area is 106 Å². The molecule has 1 rings (SSSR count). The summed E-state index contributed by atoms with van der Waals surface area (Å²) in [6, 6.07) is 0.819.